The van der Waals surface area contributed by atoms with Crippen molar-refractivity contribution < 1.29 is 24.8 Å². The second-order valence-corrected chi connectivity index (χ2v) is 4.65. The molecule has 0 saturated heterocycles. The van der Waals surface area contributed by atoms with Gasteiger partial charge in [-0.3, -0.25) is 0 Å². The van der Waals surface area contributed by atoms with Crippen molar-refractivity contribution in [3.63, 3.8) is 0 Å². The van der Waals surface area contributed by atoms with Crippen molar-refractivity contribution in [2.45, 2.75) is 6.54 Å². The number of aromatic hydroxyl groups is 3. The quantitative estimate of drug-likeness (QED) is 0.647. The molecule has 3 rings (SSSR count). The maximum atomic E-state index is 9.75. The van der Waals surface area contributed by atoms with Crippen LogP contribution in [-0.2, 0) is 6.54 Å². The number of benzene rings is 2. The van der Waals surface area contributed by atoms with Gasteiger partial charge in [-0.15, -0.1) is 0 Å². The van der Waals surface area contributed by atoms with Crippen LogP contribution in [0.15, 0.2) is 30.3 Å². The fourth-order valence-corrected chi connectivity index (χ4v) is 2.10. The zero-order chi connectivity index (χ0) is 14.8. The first-order chi connectivity index (χ1) is 10.1. The van der Waals surface area contributed by atoms with Crippen molar-refractivity contribution in [1.82, 2.24) is 0 Å². The number of hydrogen-bond acceptors (Lipinski definition) is 6. The number of fused-ring (bicyclic) bond motifs is 1. The minimum absolute atomic E-state index is 0.291. The van der Waals surface area contributed by atoms with E-state index in [0.717, 1.165) is 5.69 Å². The maximum Gasteiger partial charge on any atom is 0.200 e. The molecule has 0 spiro atoms. The van der Waals surface area contributed by atoms with Crippen LogP contribution in [-0.4, -0.2) is 28.5 Å². The second-order valence-electron chi connectivity index (χ2n) is 4.65. The number of anilines is 1. The highest BCUT2D eigenvalue weighted by molar-refractivity contribution is 5.57. The van der Waals surface area contributed by atoms with Crippen LogP contribution in [0.25, 0.3) is 0 Å². The summed E-state index contributed by atoms with van der Waals surface area (Å²) in [4.78, 5) is 0. The number of phenols is 3. The predicted molar refractivity (Wildman–Crippen MR) is 76.2 cm³/mol. The normalized spacial score (nSPS) is 13.0. The summed E-state index contributed by atoms with van der Waals surface area (Å²) < 4.78 is 10.9. The highest BCUT2D eigenvalue weighted by atomic mass is 16.6. The zero-order valence-electron chi connectivity index (χ0n) is 11.2. The molecule has 21 heavy (non-hydrogen) atoms. The Hall–Kier alpha value is -2.76. The van der Waals surface area contributed by atoms with Gasteiger partial charge < -0.3 is 30.1 Å². The predicted octanol–water partition coefficient (Wildman–Crippen LogP) is 2.19. The van der Waals surface area contributed by atoms with Crippen LogP contribution < -0.4 is 14.8 Å². The molecule has 0 amide bonds. The lowest BCUT2D eigenvalue weighted by molar-refractivity contribution is 0.171. The van der Waals surface area contributed by atoms with Gasteiger partial charge in [0.2, 0.25) is 5.75 Å². The maximum absolute atomic E-state index is 9.75. The van der Waals surface area contributed by atoms with E-state index < -0.39 is 5.75 Å². The standard InChI is InChI=1S/C15H15NO5/c17-11-3-1-9(14(18)15(11)19)8-16-10-2-4-12-13(7-10)21-6-5-20-12/h1-4,7,16-19H,5-6,8H2. The van der Waals surface area contributed by atoms with Gasteiger partial charge in [0.25, 0.3) is 0 Å². The highest BCUT2D eigenvalue weighted by Gasteiger charge is 2.13. The van der Waals surface area contributed by atoms with Crippen LogP contribution in [0.5, 0.6) is 28.7 Å². The number of nitrogens with one attached hydrogen (secondary N) is 1. The molecule has 0 fully saturated rings. The first-order valence-electron chi connectivity index (χ1n) is 6.51. The van der Waals surface area contributed by atoms with Gasteiger partial charge in [0.15, 0.2) is 23.0 Å². The van der Waals surface area contributed by atoms with E-state index in [2.05, 4.69) is 5.32 Å². The van der Waals surface area contributed by atoms with E-state index in [9.17, 15) is 15.3 Å². The molecule has 2 aromatic carbocycles. The third-order valence-corrected chi connectivity index (χ3v) is 3.24. The molecule has 1 heterocycles. The van der Waals surface area contributed by atoms with Crippen molar-refractivity contribution >= 4 is 5.69 Å². The average molecular weight is 289 g/mol. The molecule has 0 aliphatic carbocycles. The smallest absolute Gasteiger partial charge is 0.200 e. The number of rotatable bonds is 3. The first kappa shape index (κ1) is 13.2. The summed E-state index contributed by atoms with van der Waals surface area (Å²) in [7, 11) is 0. The minimum atomic E-state index is -0.517. The van der Waals surface area contributed by atoms with E-state index in [1.807, 2.05) is 18.2 Å². The molecule has 6 nitrogen and oxygen atoms in total. The van der Waals surface area contributed by atoms with Gasteiger partial charge in [0, 0.05) is 23.9 Å². The van der Waals surface area contributed by atoms with E-state index in [0.29, 0.717) is 36.8 Å². The largest absolute Gasteiger partial charge is 0.504 e. The first-order valence-corrected chi connectivity index (χ1v) is 6.51. The Kier molecular flexibility index (Phi) is 3.35. The number of hydrogen-bond donors (Lipinski definition) is 4. The van der Waals surface area contributed by atoms with Gasteiger partial charge >= 0.3 is 0 Å². The Morgan fingerprint density at radius 3 is 2.48 bits per heavy atom. The minimum Gasteiger partial charge on any atom is -0.504 e. The van der Waals surface area contributed by atoms with Gasteiger partial charge in [-0.05, 0) is 24.3 Å². The Morgan fingerprint density at radius 1 is 0.905 bits per heavy atom. The lowest BCUT2D eigenvalue weighted by Crippen LogP contribution is -2.15. The summed E-state index contributed by atoms with van der Waals surface area (Å²) in [6, 6.07) is 8.33. The fourth-order valence-electron chi connectivity index (χ4n) is 2.10. The molecule has 110 valence electrons. The lowest BCUT2D eigenvalue weighted by Gasteiger charge is -2.19. The molecule has 0 saturated carbocycles. The van der Waals surface area contributed by atoms with Gasteiger partial charge in [0.05, 0.1) is 0 Å². The Bertz CT molecular complexity index is 671. The summed E-state index contributed by atoms with van der Waals surface area (Å²) in [5.74, 6) is 0.174. The molecular formula is C15H15NO5. The molecule has 1 aliphatic heterocycles. The van der Waals surface area contributed by atoms with Gasteiger partial charge in [0.1, 0.15) is 13.2 Å². The zero-order valence-corrected chi connectivity index (χ0v) is 11.2. The van der Waals surface area contributed by atoms with Crippen LogP contribution in [0.1, 0.15) is 5.56 Å². The molecule has 0 aromatic heterocycles. The van der Waals surface area contributed by atoms with Crippen molar-refractivity contribution in [3.8, 4) is 28.7 Å². The van der Waals surface area contributed by atoms with Crippen LogP contribution in [0.3, 0.4) is 0 Å². The summed E-state index contributed by atoms with van der Waals surface area (Å²) in [5.41, 5.74) is 1.27. The summed E-state index contributed by atoms with van der Waals surface area (Å²) in [6.07, 6.45) is 0. The number of ether oxygens (including phenoxy) is 2. The summed E-state index contributed by atoms with van der Waals surface area (Å²) >= 11 is 0. The molecule has 6 heteroatoms. The summed E-state index contributed by atoms with van der Waals surface area (Å²) in [5, 5.41) is 31.6. The summed E-state index contributed by atoms with van der Waals surface area (Å²) in [6.45, 7) is 1.35. The average Bonchev–Trinajstić information content (AvgIpc) is 2.52. The van der Waals surface area contributed by atoms with E-state index in [1.165, 1.54) is 12.1 Å². The van der Waals surface area contributed by atoms with E-state index in [4.69, 9.17) is 9.47 Å². The van der Waals surface area contributed by atoms with Crippen LogP contribution in [0.4, 0.5) is 5.69 Å². The van der Waals surface area contributed by atoms with Gasteiger partial charge in [-0.1, -0.05) is 0 Å². The van der Waals surface area contributed by atoms with Crippen LogP contribution in [0, 0.1) is 0 Å². The monoisotopic (exact) mass is 289 g/mol. The third kappa shape index (κ3) is 2.60. The highest BCUT2D eigenvalue weighted by Crippen LogP contribution is 2.37. The molecule has 4 N–H and O–H groups in total. The second kappa shape index (κ2) is 5.32. The number of phenolic OH excluding ortho intramolecular Hbond substituents is 3. The van der Waals surface area contributed by atoms with Crippen molar-refractivity contribution in [2.75, 3.05) is 18.5 Å². The molecule has 0 bridgehead atoms. The Morgan fingerprint density at radius 2 is 1.67 bits per heavy atom. The molecular weight excluding hydrogens is 274 g/mol. The lowest BCUT2D eigenvalue weighted by atomic mass is 10.1. The van der Waals surface area contributed by atoms with Gasteiger partial charge in [-0.2, -0.15) is 0 Å². The van der Waals surface area contributed by atoms with Crippen LogP contribution >= 0.6 is 0 Å². The van der Waals surface area contributed by atoms with E-state index >= 15 is 0 Å². The molecule has 0 atom stereocenters. The van der Waals surface area contributed by atoms with E-state index in [1.54, 1.807) is 0 Å². The molecule has 2 aromatic rings. The third-order valence-electron chi connectivity index (χ3n) is 3.24. The molecule has 0 radical (unpaired) electrons. The Labute approximate surface area is 121 Å². The van der Waals surface area contributed by atoms with Gasteiger partial charge in [-0.25, -0.2) is 0 Å². The molecule has 0 unspecified atom stereocenters. The topological polar surface area (TPSA) is 91.2 Å². The Balaban J connectivity index is 1.75. The van der Waals surface area contributed by atoms with E-state index in [-0.39, 0.29) is 11.5 Å². The van der Waals surface area contributed by atoms with Crippen molar-refractivity contribution in [2.24, 2.45) is 0 Å². The van der Waals surface area contributed by atoms with Crippen molar-refractivity contribution in [3.05, 3.63) is 35.9 Å². The SMILES string of the molecule is Oc1ccc(CNc2ccc3c(c2)OCCO3)c(O)c1O. The van der Waals surface area contributed by atoms with Crippen molar-refractivity contribution in [1.29, 1.82) is 0 Å². The van der Waals surface area contributed by atoms with Crippen LogP contribution in [0.2, 0.25) is 0 Å². The fraction of sp³-hybridized carbons (Fsp3) is 0.200. The molecule has 1 aliphatic rings.